The lowest BCUT2D eigenvalue weighted by molar-refractivity contribution is 0.179. The highest BCUT2D eigenvalue weighted by molar-refractivity contribution is 5.68. The quantitative estimate of drug-likeness (QED) is 0.808. The normalized spacial score (nSPS) is 17.4. The molecule has 3 N–H and O–H groups in total. The van der Waals surface area contributed by atoms with Crippen LogP contribution in [0.2, 0.25) is 0 Å². The molecule has 106 valence electrons. The lowest BCUT2D eigenvalue weighted by Gasteiger charge is -2.33. The number of benzene rings is 1. The van der Waals surface area contributed by atoms with Crippen LogP contribution in [-0.2, 0) is 0 Å². The van der Waals surface area contributed by atoms with Crippen molar-refractivity contribution in [2.75, 3.05) is 51.0 Å². The Bertz CT molecular complexity index is 433. The number of hydrogen-bond acceptors (Lipinski definition) is 5. The summed E-state index contributed by atoms with van der Waals surface area (Å²) in [7, 11) is 2.09. The van der Waals surface area contributed by atoms with Gasteiger partial charge in [0.25, 0.3) is 0 Å². The minimum atomic E-state index is -0.428. The van der Waals surface area contributed by atoms with Crippen molar-refractivity contribution in [2.45, 2.75) is 6.92 Å². The zero-order chi connectivity index (χ0) is 13.8. The molecule has 0 unspecified atom stereocenters. The summed E-state index contributed by atoms with van der Waals surface area (Å²) in [5, 5.41) is 2.08. The van der Waals surface area contributed by atoms with Crippen molar-refractivity contribution in [1.82, 2.24) is 9.91 Å². The second-order valence-corrected chi connectivity index (χ2v) is 4.71. The topological polar surface area (TPSA) is 53.8 Å². The van der Waals surface area contributed by atoms with E-state index in [2.05, 4.69) is 22.4 Å². The van der Waals surface area contributed by atoms with E-state index in [0.29, 0.717) is 18.0 Å². The summed E-state index contributed by atoms with van der Waals surface area (Å²) in [6, 6.07) is 2.91. The van der Waals surface area contributed by atoms with E-state index in [9.17, 15) is 4.39 Å². The van der Waals surface area contributed by atoms with Gasteiger partial charge in [0.1, 0.15) is 0 Å². The molecule has 1 aliphatic heterocycles. The molecular formula is C13H21FN4O. The Morgan fingerprint density at radius 1 is 1.32 bits per heavy atom. The molecule has 6 heteroatoms. The van der Waals surface area contributed by atoms with Crippen LogP contribution in [0.5, 0.6) is 5.75 Å². The maximum Gasteiger partial charge on any atom is 0.167 e. The lowest BCUT2D eigenvalue weighted by Crippen LogP contribution is -2.47. The largest absolute Gasteiger partial charge is 0.491 e. The highest BCUT2D eigenvalue weighted by Crippen LogP contribution is 2.28. The van der Waals surface area contributed by atoms with Gasteiger partial charge in [-0.15, -0.1) is 0 Å². The number of halogens is 1. The molecule has 1 heterocycles. The third-order valence-electron chi connectivity index (χ3n) is 3.19. The molecule has 1 aromatic carbocycles. The zero-order valence-electron chi connectivity index (χ0n) is 11.4. The Morgan fingerprint density at radius 2 is 2.00 bits per heavy atom. The number of anilines is 2. The van der Waals surface area contributed by atoms with Gasteiger partial charge in [-0.05, 0) is 14.0 Å². The molecule has 0 spiro atoms. The molecule has 1 saturated heterocycles. The molecular weight excluding hydrogens is 247 g/mol. The lowest BCUT2D eigenvalue weighted by atomic mass is 10.2. The van der Waals surface area contributed by atoms with E-state index < -0.39 is 5.82 Å². The maximum atomic E-state index is 13.6. The molecule has 0 amide bonds. The Labute approximate surface area is 113 Å². The monoisotopic (exact) mass is 268 g/mol. The van der Waals surface area contributed by atoms with E-state index in [1.54, 1.807) is 6.07 Å². The summed E-state index contributed by atoms with van der Waals surface area (Å²) >= 11 is 0. The molecule has 0 radical (unpaired) electrons. The van der Waals surface area contributed by atoms with Crippen molar-refractivity contribution in [3.05, 3.63) is 17.9 Å². The van der Waals surface area contributed by atoms with Crippen LogP contribution in [0.25, 0.3) is 0 Å². The van der Waals surface area contributed by atoms with Crippen molar-refractivity contribution in [1.29, 1.82) is 0 Å². The highest BCUT2D eigenvalue weighted by Gasteiger charge is 2.16. The van der Waals surface area contributed by atoms with Gasteiger partial charge in [-0.1, -0.05) is 0 Å². The van der Waals surface area contributed by atoms with E-state index in [-0.39, 0.29) is 5.75 Å². The number of ether oxygens (including phenoxy) is 1. The molecule has 0 bridgehead atoms. The minimum Gasteiger partial charge on any atom is -0.491 e. The predicted molar refractivity (Wildman–Crippen MR) is 74.7 cm³/mol. The summed E-state index contributed by atoms with van der Waals surface area (Å²) in [5.41, 5.74) is 10.1. The number of likely N-dealkylation sites (N-methyl/N-ethyl adjacent to an activating group) is 1. The minimum absolute atomic E-state index is 0.230. The maximum absolute atomic E-state index is 13.6. The first kappa shape index (κ1) is 13.9. The molecule has 0 atom stereocenters. The first-order valence-electron chi connectivity index (χ1n) is 6.52. The van der Waals surface area contributed by atoms with E-state index >= 15 is 0 Å². The second kappa shape index (κ2) is 6.08. The third-order valence-corrected chi connectivity index (χ3v) is 3.19. The van der Waals surface area contributed by atoms with Crippen LogP contribution in [0.15, 0.2) is 12.1 Å². The van der Waals surface area contributed by atoms with Gasteiger partial charge in [-0.3, -0.25) is 0 Å². The standard InChI is InChI=1S/C13H21FN4O/c1-3-19-13-9-12(11(15)8-10(13)14)16-18-6-4-17(2)5-7-18/h8-9,16H,3-7,15H2,1-2H3. The van der Waals surface area contributed by atoms with E-state index in [4.69, 9.17) is 10.5 Å². The number of nitrogen functional groups attached to an aromatic ring is 1. The van der Waals surface area contributed by atoms with Crippen LogP contribution in [0.4, 0.5) is 15.8 Å². The average molecular weight is 268 g/mol. The van der Waals surface area contributed by atoms with Gasteiger partial charge < -0.3 is 20.8 Å². The van der Waals surface area contributed by atoms with E-state index in [0.717, 1.165) is 26.2 Å². The number of rotatable bonds is 4. The number of nitrogens with one attached hydrogen (secondary N) is 1. The number of hydrogen-bond donors (Lipinski definition) is 2. The summed E-state index contributed by atoms with van der Waals surface area (Å²) < 4.78 is 18.8. The van der Waals surface area contributed by atoms with E-state index in [1.165, 1.54) is 6.07 Å². The fourth-order valence-electron chi connectivity index (χ4n) is 2.02. The van der Waals surface area contributed by atoms with Crippen LogP contribution in [0, 0.1) is 5.82 Å². The fraction of sp³-hybridized carbons (Fsp3) is 0.538. The molecule has 0 aromatic heterocycles. The summed E-state index contributed by atoms with van der Waals surface area (Å²) in [5.74, 6) is -0.198. The first-order chi connectivity index (χ1) is 9.10. The third kappa shape index (κ3) is 3.48. The Morgan fingerprint density at radius 3 is 2.63 bits per heavy atom. The van der Waals surface area contributed by atoms with Gasteiger partial charge in [-0.2, -0.15) is 0 Å². The summed E-state index contributed by atoms with van der Waals surface area (Å²) in [6.07, 6.45) is 0. The number of piperazine rings is 1. The number of hydrazine groups is 1. The molecule has 2 rings (SSSR count). The Hall–Kier alpha value is -1.53. The molecule has 19 heavy (non-hydrogen) atoms. The van der Waals surface area contributed by atoms with Gasteiger partial charge >= 0.3 is 0 Å². The van der Waals surface area contributed by atoms with Crippen LogP contribution in [-0.4, -0.2) is 49.7 Å². The van der Waals surface area contributed by atoms with Gasteiger partial charge in [-0.25, -0.2) is 9.40 Å². The molecule has 0 aliphatic carbocycles. The molecule has 1 aliphatic rings. The van der Waals surface area contributed by atoms with Crippen LogP contribution < -0.4 is 15.9 Å². The van der Waals surface area contributed by atoms with Gasteiger partial charge in [0.15, 0.2) is 11.6 Å². The molecule has 5 nitrogen and oxygen atoms in total. The van der Waals surface area contributed by atoms with Gasteiger partial charge in [0.2, 0.25) is 0 Å². The van der Waals surface area contributed by atoms with Crippen molar-refractivity contribution in [3.63, 3.8) is 0 Å². The van der Waals surface area contributed by atoms with Crippen molar-refractivity contribution < 1.29 is 9.13 Å². The molecule has 0 saturated carbocycles. The van der Waals surface area contributed by atoms with Crippen molar-refractivity contribution in [3.8, 4) is 5.75 Å². The van der Waals surface area contributed by atoms with Crippen LogP contribution in [0.3, 0.4) is 0 Å². The van der Waals surface area contributed by atoms with Crippen molar-refractivity contribution in [2.24, 2.45) is 0 Å². The SMILES string of the molecule is CCOc1cc(NN2CCN(C)CC2)c(N)cc1F. The smallest absolute Gasteiger partial charge is 0.167 e. The summed E-state index contributed by atoms with van der Waals surface area (Å²) in [4.78, 5) is 2.26. The number of nitrogens with zero attached hydrogens (tertiary/aromatic N) is 2. The Kier molecular flexibility index (Phi) is 4.44. The van der Waals surface area contributed by atoms with Crippen LogP contribution in [0.1, 0.15) is 6.92 Å². The fourth-order valence-corrected chi connectivity index (χ4v) is 2.02. The first-order valence-corrected chi connectivity index (χ1v) is 6.52. The van der Waals surface area contributed by atoms with Crippen LogP contribution >= 0.6 is 0 Å². The summed E-state index contributed by atoms with van der Waals surface area (Å²) in [6.45, 7) is 6.03. The van der Waals surface area contributed by atoms with Gasteiger partial charge in [0, 0.05) is 38.3 Å². The molecule has 1 fully saturated rings. The Balaban J connectivity index is 2.08. The zero-order valence-corrected chi connectivity index (χ0v) is 11.4. The average Bonchev–Trinajstić information content (AvgIpc) is 2.38. The second-order valence-electron chi connectivity index (χ2n) is 4.71. The van der Waals surface area contributed by atoms with Gasteiger partial charge in [0.05, 0.1) is 18.0 Å². The highest BCUT2D eigenvalue weighted by atomic mass is 19.1. The van der Waals surface area contributed by atoms with E-state index in [1.807, 2.05) is 6.92 Å². The predicted octanol–water partition coefficient (Wildman–Crippen LogP) is 1.38. The molecule has 1 aromatic rings. The number of nitrogens with two attached hydrogens (primary N) is 1. The van der Waals surface area contributed by atoms with Crippen molar-refractivity contribution >= 4 is 11.4 Å².